The topological polar surface area (TPSA) is 104 Å². The van der Waals surface area contributed by atoms with E-state index in [-0.39, 0.29) is 10.5 Å². The van der Waals surface area contributed by atoms with E-state index in [9.17, 15) is 13.2 Å². The van der Waals surface area contributed by atoms with Crippen LogP contribution in [0.4, 0.5) is 5.69 Å². The van der Waals surface area contributed by atoms with E-state index < -0.39 is 15.7 Å². The second-order valence-electron chi connectivity index (χ2n) is 8.61. The molecule has 192 valence electrons. The molecule has 0 unspecified atom stereocenters. The maximum atomic E-state index is 12.7. The minimum Gasteiger partial charge on any atom is -0.493 e. The molecule has 0 aliphatic carbocycles. The van der Waals surface area contributed by atoms with Crippen LogP contribution in [0.2, 0.25) is 0 Å². The summed E-state index contributed by atoms with van der Waals surface area (Å²) < 4.78 is 40.6. The molecule has 0 spiro atoms. The third-order valence-electron chi connectivity index (χ3n) is 6.03. The number of benzene rings is 4. The van der Waals surface area contributed by atoms with Crippen molar-refractivity contribution in [1.82, 2.24) is 4.98 Å². The van der Waals surface area contributed by atoms with Crippen LogP contribution in [0.25, 0.3) is 21.7 Å². The third-order valence-corrected chi connectivity index (χ3v) is 7.14. The van der Waals surface area contributed by atoms with Crippen LogP contribution in [0.15, 0.2) is 90.0 Å². The number of amides is 1. The summed E-state index contributed by atoms with van der Waals surface area (Å²) in [6, 6.07) is 22.5. The Bertz CT molecular complexity index is 1800. The number of carbonyl (C=O) groups is 1. The fourth-order valence-electron chi connectivity index (χ4n) is 4.10. The van der Waals surface area contributed by atoms with E-state index in [0.717, 1.165) is 22.4 Å². The number of aromatic nitrogens is 1. The van der Waals surface area contributed by atoms with Crippen LogP contribution in [0, 0.1) is 0 Å². The van der Waals surface area contributed by atoms with Gasteiger partial charge in [0.25, 0.3) is 5.91 Å². The Balaban J connectivity index is 1.39. The molecular weight excluding hydrogens is 504 g/mol. The highest BCUT2D eigenvalue weighted by Crippen LogP contribution is 2.37. The van der Waals surface area contributed by atoms with Gasteiger partial charge in [0.2, 0.25) is 0 Å². The molecule has 1 aromatic heterocycles. The summed E-state index contributed by atoms with van der Waals surface area (Å²) in [5, 5.41) is 5.42. The fraction of sp³-hybridized carbons (Fsp3) is 0.103. The molecule has 9 heteroatoms. The van der Waals surface area contributed by atoms with Gasteiger partial charge in [0.15, 0.2) is 21.3 Å². The Labute approximate surface area is 219 Å². The average molecular weight is 529 g/mol. The number of methoxy groups -OCH3 is 2. The van der Waals surface area contributed by atoms with E-state index in [1.165, 1.54) is 12.1 Å². The molecule has 0 aliphatic heterocycles. The predicted octanol–water partition coefficient (Wildman–Crippen LogP) is 5.85. The highest BCUT2D eigenvalue weighted by Gasteiger charge is 2.14. The van der Waals surface area contributed by atoms with E-state index in [2.05, 4.69) is 10.3 Å². The highest BCUT2D eigenvalue weighted by molar-refractivity contribution is 7.90. The first kappa shape index (κ1) is 25.0. The zero-order valence-corrected chi connectivity index (χ0v) is 21.7. The van der Waals surface area contributed by atoms with Crippen LogP contribution in [-0.4, -0.2) is 39.8 Å². The van der Waals surface area contributed by atoms with E-state index >= 15 is 0 Å². The lowest BCUT2D eigenvalue weighted by molar-refractivity contribution is 0.102. The standard InChI is InChI=1S/C29H24N2O6S/c1-35-27-16-24-25(17-28(27)36-2)30-12-11-26(24)37-22-10-8-18-13-21(9-7-19(18)14-22)31-29(32)20-5-4-6-23(15-20)38(3,33)34/h4-17H,1-3H3,(H,31,32). The van der Waals surface area contributed by atoms with Crippen LogP contribution in [0.5, 0.6) is 23.0 Å². The molecule has 8 nitrogen and oxygen atoms in total. The molecule has 5 aromatic rings. The molecule has 1 N–H and O–H groups in total. The van der Waals surface area contributed by atoms with Crippen LogP contribution in [-0.2, 0) is 9.84 Å². The quantitative estimate of drug-likeness (QED) is 0.282. The second kappa shape index (κ2) is 10.0. The Hall–Kier alpha value is -4.63. The highest BCUT2D eigenvalue weighted by atomic mass is 32.2. The Morgan fingerprint density at radius 1 is 0.816 bits per heavy atom. The van der Waals surface area contributed by atoms with Crippen LogP contribution in [0.3, 0.4) is 0 Å². The van der Waals surface area contributed by atoms with E-state index in [4.69, 9.17) is 14.2 Å². The van der Waals surface area contributed by atoms with E-state index in [1.54, 1.807) is 50.7 Å². The molecule has 0 radical (unpaired) electrons. The van der Waals surface area contributed by atoms with Gasteiger partial charge in [0.1, 0.15) is 11.5 Å². The maximum Gasteiger partial charge on any atom is 0.255 e. The first-order valence-corrected chi connectivity index (χ1v) is 13.5. The molecule has 0 fully saturated rings. The molecule has 1 heterocycles. The van der Waals surface area contributed by atoms with Gasteiger partial charge in [0, 0.05) is 35.2 Å². The summed E-state index contributed by atoms with van der Waals surface area (Å²) in [5.41, 5.74) is 1.56. The number of anilines is 1. The van der Waals surface area contributed by atoms with Crippen molar-refractivity contribution in [2.75, 3.05) is 25.8 Å². The van der Waals surface area contributed by atoms with Crippen molar-refractivity contribution < 1.29 is 27.4 Å². The molecule has 1 amide bonds. The molecule has 0 bridgehead atoms. The first-order valence-electron chi connectivity index (χ1n) is 11.6. The first-order chi connectivity index (χ1) is 18.2. The smallest absolute Gasteiger partial charge is 0.255 e. The Morgan fingerprint density at radius 3 is 2.32 bits per heavy atom. The van der Waals surface area contributed by atoms with Crippen molar-refractivity contribution >= 4 is 43.1 Å². The van der Waals surface area contributed by atoms with E-state index in [0.29, 0.717) is 34.2 Å². The maximum absolute atomic E-state index is 12.7. The van der Waals surface area contributed by atoms with Crippen LogP contribution < -0.4 is 19.5 Å². The number of carbonyl (C=O) groups excluding carboxylic acids is 1. The Kier molecular flexibility index (Phi) is 6.61. The normalized spacial score (nSPS) is 11.3. The molecular formula is C29H24N2O6S. The lowest BCUT2D eigenvalue weighted by atomic mass is 10.1. The van der Waals surface area contributed by atoms with Gasteiger partial charge in [-0.15, -0.1) is 0 Å². The summed E-state index contributed by atoms with van der Waals surface area (Å²) in [7, 11) is -0.261. The Morgan fingerprint density at radius 2 is 1.55 bits per heavy atom. The zero-order chi connectivity index (χ0) is 26.9. The average Bonchev–Trinajstić information content (AvgIpc) is 2.92. The van der Waals surface area contributed by atoms with Gasteiger partial charge in [-0.25, -0.2) is 8.42 Å². The summed E-state index contributed by atoms with van der Waals surface area (Å²) in [6.07, 6.45) is 2.78. The predicted molar refractivity (Wildman–Crippen MR) is 146 cm³/mol. The molecule has 38 heavy (non-hydrogen) atoms. The minimum absolute atomic E-state index is 0.0933. The number of nitrogens with zero attached hydrogens (tertiary/aromatic N) is 1. The number of hydrogen-bond donors (Lipinski definition) is 1. The number of ether oxygens (including phenoxy) is 3. The largest absolute Gasteiger partial charge is 0.493 e. The molecule has 5 rings (SSSR count). The van der Waals surface area contributed by atoms with Gasteiger partial charge in [0.05, 0.1) is 24.6 Å². The number of fused-ring (bicyclic) bond motifs is 2. The minimum atomic E-state index is -3.41. The van der Waals surface area contributed by atoms with Gasteiger partial charge in [-0.2, -0.15) is 0 Å². The summed E-state index contributed by atoms with van der Waals surface area (Å²) >= 11 is 0. The van der Waals surface area contributed by atoms with Crippen molar-refractivity contribution in [3.63, 3.8) is 0 Å². The van der Waals surface area contributed by atoms with Crippen molar-refractivity contribution in [2.45, 2.75) is 4.90 Å². The van der Waals surface area contributed by atoms with Crippen molar-refractivity contribution in [3.05, 3.63) is 90.6 Å². The number of sulfone groups is 1. The lowest BCUT2D eigenvalue weighted by Gasteiger charge is -2.13. The lowest BCUT2D eigenvalue weighted by Crippen LogP contribution is -2.12. The zero-order valence-electron chi connectivity index (χ0n) is 20.9. The number of pyridine rings is 1. The van der Waals surface area contributed by atoms with Gasteiger partial charge in [-0.05, 0) is 65.4 Å². The molecule has 0 atom stereocenters. The van der Waals surface area contributed by atoms with Crippen molar-refractivity contribution in [2.24, 2.45) is 0 Å². The second-order valence-corrected chi connectivity index (χ2v) is 10.6. The molecule has 4 aromatic carbocycles. The van der Waals surface area contributed by atoms with Crippen molar-refractivity contribution in [1.29, 1.82) is 0 Å². The van der Waals surface area contributed by atoms with Gasteiger partial charge >= 0.3 is 0 Å². The number of rotatable bonds is 7. The summed E-state index contributed by atoms with van der Waals surface area (Å²) in [6.45, 7) is 0. The number of nitrogens with one attached hydrogen (secondary N) is 1. The van der Waals surface area contributed by atoms with Gasteiger partial charge in [-0.3, -0.25) is 9.78 Å². The van der Waals surface area contributed by atoms with Crippen LogP contribution in [0.1, 0.15) is 10.4 Å². The van der Waals surface area contributed by atoms with Gasteiger partial charge < -0.3 is 19.5 Å². The number of hydrogen-bond acceptors (Lipinski definition) is 7. The summed E-state index contributed by atoms with van der Waals surface area (Å²) in [4.78, 5) is 17.2. The van der Waals surface area contributed by atoms with E-state index in [1.807, 2.05) is 36.4 Å². The summed E-state index contributed by atoms with van der Waals surface area (Å²) in [5.74, 6) is 2.02. The van der Waals surface area contributed by atoms with Crippen molar-refractivity contribution in [3.8, 4) is 23.0 Å². The molecule has 0 saturated heterocycles. The monoisotopic (exact) mass is 528 g/mol. The third kappa shape index (κ3) is 5.09. The SMILES string of the molecule is COc1cc2nccc(Oc3ccc4cc(NC(=O)c5cccc(S(C)(=O)=O)c5)ccc4c3)c2cc1OC. The molecule has 0 aliphatic rings. The van der Waals surface area contributed by atoms with Gasteiger partial charge in [-0.1, -0.05) is 18.2 Å². The molecule has 0 saturated carbocycles. The fourth-order valence-corrected chi connectivity index (χ4v) is 4.77. The van der Waals surface area contributed by atoms with Crippen LogP contribution >= 0.6 is 0 Å².